The fraction of sp³-hybridized carbons (Fsp3) is 0.556. The van der Waals surface area contributed by atoms with Crippen molar-refractivity contribution in [2.75, 3.05) is 18.0 Å². The molecular weight excluding hydrogens is 293 g/mol. The molecule has 0 radical (unpaired) electrons. The third-order valence-electron chi connectivity index (χ3n) is 2.42. The molecule has 0 atom stereocenters. The highest BCUT2D eigenvalue weighted by molar-refractivity contribution is 14.1. The van der Waals surface area contributed by atoms with E-state index >= 15 is 0 Å². The Labute approximate surface area is 95.9 Å². The predicted octanol–water partition coefficient (Wildman–Crippen LogP) is 1.28. The van der Waals surface area contributed by atoms with E-state index in [0.717, 1.165) is 24.7 Å². The zero-order chi connectivity index (χ0) is 10.1. The average Bonchev–Trinajstić information content (AvgIpc) is 2.66. The molecule has 1 aromatic heterocycles. The Morgan fingerprint density at radius 2 is 2.07 bits per heavy atom. The van der Waals surface area contributed by atoms with E-state index in [9.17, 15) is 4.79 Å². The first-order chi connectivity index (χ1) is 6.68. The van der Waals surface area contributed by atoms with Crippen LogP contribution in [-0.2, 0) is 0 Å². The fourth-order valence-electron chi connectivity index (χ4n) is 1.64. The number of rotatable bonds is 1. The Balaban J connectivity index is 2.39. The highest BCUT2D eigenvalue weighted by Gasteiger charge is 2.15. The molecule has 0 unspecified atom stereocenters. The summed E-state index contributed by atoms with van der Waals surface area (Å²) in [6.07, 6.45) is 2.38. The Morgan fingerprint density at radius 1 is 1.43 bits per heavy atom. The van der Waals surface area contributed by atoms with Gasteiger partial charge in [0.05, 0.1) is 9.26 Å². The molecule has 14 heavy (non-hydrogen) atoms. The second-order valence-corrected chi connectivity index (χ2v) is 4.56. The Hall–Kier alpha value is -0.590. The van der Waals surface area contributed by atoms with Crippen molar-refractivity contribution in [1.82, 2.24) is 9.97 Å². The summed E-state index contributed by atoms with van der Waals surface area (Å²) in [6, 6.07) is 0. The number of aromatic nitrogens is 2. The first-order valence-electron chi connectivity index (χ1n) is 4.70. The average molecular weight is 305 g/mol. The van der Waals surface area contributed by atoms with Crippen molar-refractivity contribution >= 4 is 28.5 Å². The van der Waals surface area contributed by atoms with Gasteiger partial charge in [-0.05, 0) is 42.4 Å². The molecule has 4 nitrogen and oxygen atoms in total. The maximum Gasteiger partial charge on any atom is 0.265 e. The van der Waals surface area contributed by atoms with Gasteiger partial charge in [0.1, 0.15) is 0 Å². The van der Waals surface area contributed by atoms with Crippen LogP contribution in [0, 0.1) is 10.5 Å². The highest BCUT2D eigenvalue weighted by atomic mass is 127. The molecule has 0 bridgehead atoms. The quantitative estimate of drug-likeness (QED) is 0.795. The lowest BCUT2D eigenvalue weighted by molar-refractivity contribution is 0.874. The van der Waals surface area contributed by atoms with Crippen LogP contribution in [0.15, 0.2) is 4.79 Å². The van der Waals surface area contributed by atoms with Crippen molar-refractivity contribution in [3.8, 4) is 0 Å². The number of H-pyrrole nitrogens is 1. The minimum atomic E-state index is -0.0278. The van der Waals surface area contributed by atoms with E-state index in [-0.39, 0.29) is 5.56 Å². The largest absolute Gasteiger partial charge is 0.342 e. The molecular formula is C9H12IN3O. The predicted molar refractivity (Wildman–Crippen MR) is 63.8 cm³/mol. The molecule has 1 N–H and O–H groups in total. The minimum absolute atomic E-state index is 0.0278. The smallest absolute Gasteiger partial charge is 0.265 e. The molecule has 0 aromatic carbocycles. The Morgan fingerprint density at radius 3 is 2.64 bits per heavy atom. The Bertz CT molecular complexity index is 396. The summed E-state index contributed by atoms with van der Waals surface area (Å²) >= 11 is 2.02. The van der Waals surface area contributed by atoms with Crippen LogP contribution in [-0.4, -0.2) is 23.1 Å². The molecule has 1 fully saturated rings. The van der Waals surface area contributed by atoms with Crippen molar-refractivity contribution in [2.24, 2.45) is 0 Å². The molecule has 1 aromatic rings. The molecule has 5 heteroatoms. The van der Waals surface area contributed by atoms with E-state index in [1.807, 2.05) is 29.5 Å². The van der Waals surface area contributed by atoms with Crippen molar-refractivity contribution in [2.45, 2.75) is 19.8 Å². The molecule has 0 aliphatic carbocycles. The lowest BCUT2D eigenvalue weighted by atomic mass is 10.4. The first-order valence-corrected chi connectivity index (χ1v) is 5.78. The van der Waals surface area contributed by atoms with Gasteiger partial charge in [-0.1, -0.05) is 0 Å². The molecule has 1 aliphatic rings. The topological polar surface area (TPSA) is 49.0 Å². The van der Waals surface area contributed by atoms with Crippen LogP contribution in [0.2, 0.25) is 0 Å². The van der Waals surface area contributed by atoms with Crippen LogP contribution < -0.4 is 10.5 Å². The van der Waals surface area contributed by atoms with Gasteiger partial charge in [-0.15, -0.1) is 0 Å². The molecule has 2 rings (SSSR count). The normalized spacial score (nSPS) is 16.3. The summed E-state index contributed by atoms with van der Waals surface area (Å²) in [4.78, 5) is 20.8. The molecule has 0 spiro atoms. The van der Waals surface area contributed by atoms with Gasteiger partial charge in [-0.3, -0.25) is 9.78 Å². The van der Waals surface area contributed by atoms with E-state index in [1.165, 1.54) is 12.8 Å². The first kappa shape index (κ1) is 9.95. The van der Waals surface area contributed by atoms with E-state index in [4.69, 9.17) is 0 Å². The third-order valence-corrected chi connectivity index (χ3v) is 3.69. The maximum absolute atomic E-state index is 11.5. The maximum atomic E-state index is 11.5. The number of nitrogens with zero attached hydrogens (tertiary/aromatic N) is 2. The number of anilines is 1. The van der Waals surface area contributed by atoms with Gasteiger partial charge in [-0.25, -0.2) is 4.98 Å². The van der Waals surface area contributed by atoms with Gasteiger partial charge in [0.25, 0.3) is 5.56 Å². The summed E-state index contributed by atoms with van der Waals surface area (Å²) in [6.45, 7) is 3.88. The standard InChI is InChI=1S/C9H12IN3O/c1-6-7(10)8(14)12-9(11-6)13-4-2-3-5-13/h2-5H2,1H3,(H,11,12,14). The van der Waals surface area contributed by atoms with Crippen LogP contribution in [0.3, 0.4) is 0 Å². The van der Waals surface area contributed by atoms with Crippen LogP contribution in [0.5, 0.6) is 0 Å². The monoisotopic (exact) mass is 305 g/mol. The fourth-order valence-corrected chi connectivity index (χ4v) is 1.89. The van der Waals surface area contributed by atoms with Crippen molar-refractivity contribution < 1.29 is 0 Å². The number of halogens is 1. The lowest BCUT2D eigenvalue weighted by Gasteiger charge is -2.15. The summed E-state index contributed by atoms with van der Waals surface area (Å²) in [5, 5.41) is 0. The van der Waals surface area contributed by atoms with Gasteiger partial charge in [0, 0.05) is 13.1 Å². The summed E-state index contributed by atoms with van der Waals surface area (Å²) in [5.74, 6) is 0.727. The summed E-state index contributed by atoms with van der Waals surface area (Å²) in [7, 11) is 0. The van der Waals surface area contributed by atoms with Crippen LogP contribution in [0.1, 0.15) is 18.5 Å². The van der Waals surface area contributed by atoms with Crippen molar-refractivity contribution in [1.29, 1.82) is 0 Å². The van der Waals surface area contributed by atoms with Crippen molar-refractivity contribution in [3.63, 3.8) is 0 Å². The summed E-state index contributed by atoms with van der Waals surface area (Å²) < 4.78 is 0.686. The molecule has 1 saturated heterocycles. The Kier molecular flexibility index (Phi) is 2.76. The lowest BCUT2D eigenvalue weighted by Crippen LogP contribution is -2.25. The second-order valence-electron chi connectivity index (χ2n) is 3.48. The molecule has 76 valence electrons. The van der Waals surface area contributed by atoms with Gasteiger partial charge in [-0.2, -0.15) is 0 Å². The number of aromatic amines is 1. The van der Waals surface area contributed by atoms with Gasteiger partial charge >= 0.3 is 0 Å². The molecule has 0 saturated carbocycles. The number of nitrogens with one attached hydrogen (secondary N) is 1. The minimum Gasteiger partial charge on any atom is -0.342 e. The van der Waals surface area contributed by atoms with Gasteiger partial charge < -0.3 is 4.90 Å². The SMILES string of the molecule is Cc1nc(N2CCCC2)[nH]c(=O)c1I. The van der Waals surface area contributed by atoms with E-state index < -0.39 is 0 Å². The second kappa shape index (κ2) is 3.88. The zero-order valence-corrected chi connectivity index (χ0v) is 10.2. The van der Waals surface area contributed by atoms with E-state index in [1.54, 1.807) is 0 Å². The number of hydrogen-bond acceptors (Lipinski definition) is 3. The van der Waals surface area contributed by atoms with E-state index in [2.05, 4.69) is 14.9 Å². The highest BCUT2D eigenvalue weighted by Crippen LogP contribution is 2.15. The molecule has 1 aliphatic heterocycles. The third kappa shape index (κ3) is 1.77. The number of hydrogen-bond donors (Lipinski definition) is 1. The van der Waals surface area contributed by atoms with Gasteiger partial charge in [0.2, 0.25) is 5.95 Å². The molecule has 0 amide bonds. The number of aryl methyl sites for hydroxylation is 1. The zero-order valence-electron chi connectivity index (χ0n) is 8.01. The molecule has 2 heterocycles. The van der Waals surface area contributed by atoms with Crippen LogP contribution in [0.4, 0.5) is 5.95 Å². The van der Waals surface area contributed by atoms with Crippen LogP contribution in [0.25, 0.3) is 0 Å². The van der Waals surface area contributed by atoms with Crippen molar-refractivity contribution in [3.05, 3.63) is 19.6 Å². The van der Waals surface area contributed by atoms with Crippen LogP contribution >= 0.6 is 22.6 Å². The van der Waals surface area contributed by atoms with E-state index in [0.29, 0.717) is 3.57 Å². The van der Waals surface area contributed by atoms with Gasteiger partial charge in [0.15, 0.2) is 0 Å². The summed E-state index contributed by atoms with van der Waals surface area (Å²) in [5.41, 5.74) is 0.788.